The van der Waals surface area contributed by atoms with Gasteiger partial charge < -0.3 is 10.6 Å². The highest BCUT2D eigenvalue weighted by atomic mass is 79.9. The van der Waals surface area contributed by atoms with Crippen molar-refractivity contribution in [2.24, 2.45) is 5.73 Å². The lowest BCUT2D eigenvalue weighted by Gasteiger charge is -2.38. The maximum atomic E-state index is 12.7. The number of halogens is 1. The monoisotopic (exact) mass is 324 g/mol. The van der Waals surface area contributed by atoms with Crippen LogP contribution in [-0.4, -0.2) is 29.4 Å². The summed E-state index contributed by atoms with van der Waals surface area (Å²) in [5.41, 5.74) is 7.83. The number of nitrogens with zero attached hydrogens (tertiary/aromatic N) is 1. The molecule has 0 aromatic heterocycles. The number of amides is 1. The van der Waals surface area contributed by atoms with Crippen LogP contribution >= 0.6 is 15.9 Å². The number of carbonyl (C=O) groups excluding carboxylic acids is 1. The molecule has 1 heterocycles. The Morgan fingerprint density at radius 2 is 2.21 bits per heavy atom. The number of likely N-dealkylation sites (tertiary alicyclic amines) is 1. The van der Waals surface area contributed by atoms with Gasteiger partial charge >= 0.3 is 0 Å². The van der Waals surface area contributed by atoms with Crippen LogP contribution in [0, 0.1) is 6.92 Å². The van der Waals surface area contributed by atoms with E-state index in [9.17, 15) is 4.79 Å². The van der Waals surface area contributed by atoms with Crippen molar-refractivity contribution in [3.05, 3.63) is 33.8 Å². The molecular formula is C15H21BrN2O. The summed E-state index contributed by atoms with van der Waals surface area (Å²) >= 11 is 3.43. The van der Waals surface area contributed by atoms with Crippen LogP contribution < -0.4 is 5.73 Å². The summed E-state index contributed by atoms with van der Waals surface area (Å²) in [7, 11) is 0. The molecule has 0 spiro atoms. The summed E-state index contributed by atoms with van der Waals surface area (Å²) in [6.07, 6.45) is 3.25. The van der Waals surface area contributed by atoms with Crippen LogP contribution in [0.2, 0.25) is 0 Å². The summed E-state index contributed by atoms with van der Waals surface area (Å²) in [6, 6.07) is 6.00. The number of carbonyl (C=O) groups is 1. The van der Waals surface area contributed by atoms with Crippen LogP contribution in [0.15, 0.2) is 22.7 Å². The second-order valence-corrected chi connectivity index (χ2v) is 6.30. The van der Waals surface area contributed by atoms with Gasteiger partial charge in [-0.2, -0.15) is 0 Å². The van der Waals surface area contributed by atoms with Crippen molar-refractivity contribution in [2.75, 3.05) is 6.54 Å². The molecular weight excluding hydrogens is 304 g/mol. The second-order valence-electron chi connectivity index (χ2n) is 5.38. The van der Waals surface area contributed by atoms with Crippen molar-refractivity contribution >= 4 is 21.8 Å². The normalized spacial score (nSPS) is 21.3. The number of aryl methyl sites for hydroxylation is 1. The molecule has 0 aliphatic carbocycles. The van der Waals surface area contributed by atoms with E-state index in [1.807, 2.05) is 36.9 Å². The zero-order valence-electron chi connectivity index (χ0n) is 11.5. The molecule has 0 radical (unpaired) electrons. The zero-order chi connectivity index (χ0) is 14.0. The van der Waals surface area contributed by atoms with Gasteiger partial charge in [-0.1, -0.05) is 15.9 Å². The molecule has 2 rings (SSSR count). The fourth-order valence-corrected chi connectivity index (χ4v) is 3.25. The molecule has 0 bridgehead atoms. The van der Waals surface area contributed by atoms with Gasteiger partial charge in [0.2, 0.25) is 0 Å². The predicted molar refractivity (Wildman–Crippen MR) is 81.2 cm³/mol. The Morgan fingerprint density at radius 1 is 1.47 bits per heavy atom. The van der Waals surface area contributed by atoms with Gasteiger partial charge in [-0.15, -0.1) is 0 Å². The molecule has 104 valence electrons. The topological polar surface area (TPSA) is 46.3 Å². The van der Waals surface area contributed by atoms with Crippen molar-refractivity contribution in [2.45, 2.75) is 45.2 Å². The minimum atomic E-state index is 0.0278. The molecule has 0 saturated carbocycles. The minimum Gasteiger partial charge on any atom is -0.334 e. The van der Waals surface area contributed by atoms with E-state index >= 15 is 0 Å². The number of benzene rings is 1. The molecule has 2 N–H and O–H groups in total. The third-order valence-electron chi connectivity index (χ3n) is 3.84. The third kappa shape index (κ3) is 3.18. The Kier molecular flexibility index (Phi) is 4.63. The Balaban J connectivity index is 2.26. The number of rotatable bonds is 2. The molecule has 1 amide bonds. The van der Waals surface area contributed by atoms with E-state index in [2.05, 4.69) is 15.9 Å². The van der Waals surface area contributed by atoms with Crippen LogP contribution in [0.3, 0.4) is 0 Å². The minimum absolute atomic E-state index is 0.0278. The standard InChI is InChI=1S/C15H21BrN2O/c1-10-9-12(16)6-7-13(10)15(19)18-8-4-3-5-14(18)11(2)17/h6-7,9,11,14H,3-5,8,17H2,1-2H3. The van der Waals surface area contributed by atoms with Gasteiger partial charge in [0.1, 0.15) is 0 Å². The molecule has 2 atom stereocenters. The van der Waals surface area contributed by atoms with Crippen LogP contribution in [-0.2, 0) is 0 Å². The van der Waals surface area contributed by atoms with Crippen molar-refractivity contribution in [1.29, 1.82) is 0 Å². The Bertz CT molecular complexity index is 473. The maximum absolute atomic E-state index is 12.7. The molecule has 4 heteroatoms. The van der Waals surface area contributed by atoms with Gasteiger partial charge in [0.25, 0.3) is 5.91 Å². The lowest BCUT2D eigenvalue weighted by molar-refractivity contribution is 0.0583. The quantitative estimate of drug-likeness (QED) is 0.908. The molecule has 1 fully saturated rings. The van der Waals surface area contributed by atoms with E-state index in [1.54, 1.807) is 0 Å². The summed E-state index contributed by atoms with van der Waals surface area (Å²) in [5, 5.41) is 0. The summed E-state index contributed by atoms with van der Waals surface area (Å²) in [4.78, 5) is 14.7. The average molecular weight is 325 g/mol. The molecule has 19 heavy (non-hydrogen) atoms. The molecule has 1 aromatic carbocycles. The number of nitrogens with two attached hydrogens (primary N) is 1. The molecule has 1 saturated heterocycles. The number of piperidine rings is 1. The van der Waals surface area contributed by atoms with Gasteiger partial charge in [0.05, 0.1) is 0 Å². The fraction of sp³-hybridized carbons (Fsp3) is 0.533. The van der Waals surface area contributed by atoms with Gasteiger partial charge in [-0.05, 0) is 56.9 Å². The van der Waals surface area contributed by atoms with Crippen LogP contribution in [0.5, 0.6) is 0 Å². The summed E-state index contributed by atoms with van der Waals surface area (Å²) in [6.45, 7) is 4.79. The van der Waals surface area contributed by atoms with E-state index in [0.29, 0.717) is 0 Å². The first-order valence-electron chi connectivity index (χ1n) is 6.83. The lowest BCUT2D eigenvalue weighted by atomic mass is 9.95. The van der Waals surface area contributed by atoms with E-state index < -0.39 is 0 Å². The highest BCUT2D eigenvalue weighted by Gasteiger charge is 2.30. The second kappa shape index (κ2) is 6.06. The first kappa shape index (κ1) is 14.5. The van der Waals surface area contributed by atoms with Crippen LogP contribution in [0.25, 0.3) is 0 Å². The Hall–Kier alpha value is -0.870. The van der Waals surface area contributed by atoms with Crippen LogP contribution in [0.4, 0.5) is 0 Å². The zero-order valence-corrected chi connectivity index (χ0v) is 13.1. The van der Waals surface area contributed by atoms with Crippen molar-refractivity contribution in [3.8, 4) is 0 Å². The molecule has 1 aliphatic rings. The van der Waals surface area contributed by atoms with Gasteiger partial charge in [0, 0.05) is 28.7 Å². The van der Waals surface area contributed by atoms with Crippen molar-refractivity contribution < 1.29 is 4.79 Å². The largest absolute Gasteiger partial charge is 0.334 e. The van der Waals surface area contributed by atoms with E-state index in [0.717, 1.165) is 41.4 Å². The van der Waals surface area contributed by atoms with Crippen molar-refractivity contribution in [1.82, 2.24) is 4.90 Å². The number of hydrogen-bond donors (Lipinski definition) is 1. The Labute approximate surface area is 123 Å². The molecule has 2 unspecified atom stereocenters. The van der Waals surface area contributed by atoms with Crippen LogP contribution in [0.1, 0.15) is 42.1 Å². The average Bonchev–Trinajstić information content (AvgIpc) is 2.38. The molecule has 1 aromatic rings. The van der Waals surface area contributed by atoms with E-state index in [-0.39, 0.29) is 18.0 Å². The van der Waals surface area contributed by atoms with Gasteiger partial charge in [-0.3, -0.25) is 4.79 Å². The highest BCUT2D eigenvalue weighted by Crippen LogP contribution is 2.24. The Morgan fingerprint density at radius 3 is 2.84 bits per heavy atom. The summed E-state index contributed by atoms with van der Waals surface area (Å²) < 4.78 is 1.00. The molecule has 1 aliphatic heterocycles. The van der Waals surface area contributed by atoms with Crippen molar-refractivity contribution in [3.63, 3.8) is 0 Å². The number of hydrogen-bond acceptors (Lipinski definition) is 2. The van der Waals surface area contributed by atoms with E-state index in [4.69, 9.17) is 5.73 Å². The van der Waals surface area contributed by atoms with Gasteiger partial charge in [-0.25, -0.2) is 0 Å². The highest BCUT2D eigenvalue weighted by molar-refractivity contribution is 9.10. The molecule has 3 nitrogen and oxygen atoms in total. The first-order valence-corrected chi connectivity index (χ1v) is 7.62. The smallest absolute Gasteiger partial charge is 0.254 e. The predicted octanol–water partition coefficient (Wildman–Crippen LogP) is 3.10. The van der Waals surface area contributed by atoms with E-state index in [1.165, 1.54) is 0 Å². The fourth-order valence-electron chi connectivity index (χ4n) is 2.78. The maximum Gasteiger partial charge on any atom is 0.254 e. The SMILES string of the molecule is Cc1cc(Br)ccc1C(=O)N1CCCCC1C(C)N. The van der Waals surface area contributed by atoms with Gasteiger partial charge in [0.15, 0.2) is 0 Å². The first-order chi connectivity index (χ1) is 9.00. The lowest BCUT2D eigenvalue weighted by Crippen LogP contribution is -2.51. The third-order valence-corrected chi connectivity index (χ3v) is 4.33. The summed E-state index contributed by atoms with van der Waals surface area (Å²) in [5.74, 6) is 0.118.